The molecule has 4 aromatic rings. The Kier molecular flexibility index (Phi) is 6.29. The number of rotatable bonds is 6. The largest absolute Gasteiger partial charge is 0.352 e. The summed E-state index contributed by atoms with van der Waals surface area (Å²) in [5, 5.41) is 8.03. The highest BCUT2D eigenvalue weighted by Crippen LogP contribution is 2.32. The molecule has 3 heterocycles. The lowest BCUT2D eigenvalue weighted by atomic mass is 10.0. The Bertz CT molecular complexity index is 1550. The number of nitrogens with one attached hydrogen (secondary N) is 1. The number of carbonyl (C=O) groups excluding carboxylic acids is 1. The molecule has 1 atom stereocenters. The first kappa shape index (κ1) is 24.1. The molecule has 0 bridgehead atoms. The van der Waals surface area contributed by atoms with Crippen molar-refractivity contribution in [2.75, 3.05) is 18.1 Å². The second kappa shape index (κ2) is 9.42. The number of amides is 1. The molecule has 36 heavy (non-hydrogen) atoms. The lowest BCUT2D eigenvalue weighted by Gasteiger charge is -2.12. The molecular weight excluding hydrogens is 486 g/mol. The number of halogens is 2. The number of carbonyl (C=O) groups is 1. The lowest BCUT2D eigenvalue weighted by Crippen LogP contribution is -2.26. The van der Waals surface area contributed by atoms with Crippen LogP contribution < -0.4 is 5.32 Å². The number of aromatic nitrogens is 3. The van der Waals surface area contributed by atoms with E-state index in [0.717, 1.165) is 5.56 Å². The number of nitrogens with zero attached hydrogens (tertiary/aromatic N) is 3. The van der Waals surface area contributed by atoms with Gasteiger partial charge in [0.2, 0.25) is 0 Å². The van der Waals surface area contributed by atoms with E-state index in [2.05, 4.69) is 10.4 Å². The normalized spacial score (nSPS) is 16.9. The molecule has 1 aliphatic heterocycles. The SMILES string of the molecule is Cc1nn(C2CCS(=O)(=O)C2)c2nc(-c3ccc(F)cc3)cc(C(=O)NCCc3ccc(F)cc3)c12. The molecule has 1 aliphatic rings. The fourth-order valence-electron chi connectivity index (χ4n) is 4.55. The monoisotopic (exact) mass is 510 g/mol. The van der Waals surface area contributed by atoms with Crippen LogP contribution >= 0.6 is 0 Å². The van der Waals surface area contributed by atoms with Crippen LogP contribution in [-0.2, 0) is 16.3 Å². The number of hydrogen-bond acceptors (Lipinski definition) is 5. The summed E-state index contributed by atoms with van der Waals surface area (Å²) in [5.41, 5.74) is 3.28. The van der Waals surface area contributed by atoms with Gasteiger partial charge < -0.3 is 5.32 Å². The first-order valence-electron chi connectivity index (χ1n) is 11.6. The Labute approximate surface area is 207 Å². The molecule has 2 aromatic heterocycles. The van der Waals surface area contributed by atoms with Crippen LogP contribution in [0.1, 0.15) is 34.1 Å². The number of sulfone groups is 1. The van der Waals surface area contributed by atoms with Gasteiger partial charge in [-0.1, -0.05) is 12.1 Å². The van der Waals surface area contributed by atoms with Gasteiger partial charge in [-0.05, 0) is 67.8 Å². The molecule has 5 rings (SSSR count). The van der Waals surface area contributed by atoms with Crippen LogP contribution in [0.2, 0.25) is 0 Å². The van der Waals surface area contributed by atoms with E-state index >= 15 is 0 Å². The predicted octanol–water partition coefficient (Wildman–Crippen LogP) is 4.02. The first-order valence-corrected chi connectivity index (χ1v) is 13.4. The standard InChI is InChI=1S/C26H24F2N4O3S/c1-16-24-22(26(33)29-12-10-17-2-6-19(27)7-3-17)14-23(18-4-8-20(28)9-5-18)30-25(24)32(31-16)21-11-13-36(34,35)15-21/h2-9,14,21H,10-13,15H2,1H3,(H,29,33). The molecule has 0 radical (unpaired) electrons. The second-order valence-electron chi connectivity index (χ2n) is 8.98. The van der Waals surface area contributed by atoms with Gasteiger partial charge in [0.05, 0.1) is 39.9 Å². The zero-order valence-corrected chi connectivity index (χ0v) is 20.4. The van der Waals surface area contributed by atoms with Crippen LogP contribution in [0.5, 0.6) is 0 Å². The molecule has 0 saturated carbocycles. The number of fused-ring (bicyclic) bond motifs is 1. The number of benzene rings is 2. The van der Waals surface area contributed by atoms with E-state index in [1.54, 1.807) is 41.9 Å². The summed E-state index contributed by atoms with van der Waals surface area (Å²) in [6.07, 6.45) is 0.934. The maximum absolute atomic E-state index is 13.5. The van der Waals surface area contributed by atoms with Crippen LogP contribution in [0.3, 0.4) is 0 Å². The average molecular weight is 511 g/mol. The first-order chi connectivity index (χ1) is 17.2. The van der Waals surface area contributed by atoms with Crippen molar-refractivity contribution in [3.63, 3.8) is 0 Å². The van der Waals surface area contributed by atoms with Gasteiger partial charge in [0, 0.05) is 12.1 Å². The van der Waals surface area contributed by atoms with Crippen molar-refractivity contribution in [1.82, 2.24) is 20.1 Å². The van der Waals surface area contributed by atoms with E-state index in [-0.39, 0.29) is 29.3 Å². The third-order valence-electron chi connectivity index (χ3n) is 6.39. The van der Waals surface area contributed by atoms with Gasteiger partial charge in [0.15, 0.2) is 15.5 Å². The smallest absolute Gasteiger partial charge is 0.252 e. The molecule has 1 fully saturated rings. The van der Waals surface area contributed by atoms with E-state index in [4.69, 9.17) is 4.98 Å². The zero-order valence-electron chi connectivity index (χ0n) is 19.5. The van der Waals surface area contributed by atoms with E-state index < -0.39 is 15.7 Å². The topological polar surface area (TPSA) is 93.9 Å². The van der Waals surface area contributed by atoms with Gasteiger partial charge in [0.1, 0.15) is 11.6 Å². The molecule has 1 N–H and O–H groups in total. The molecule has 7 nitrogen and oxygen atoms in total. The molecule has 186 valence electrons. The highest BCUT2D eigenvalue weighted by Gasteiger charge is 2.32. The maximum atomic E-state index is 13.5. The van der Waals surface area contributed by atoms with Crippen molar-refractivity contribution in [2.24, 2.45) is 0 Å². The van der Waals surface area contributed by atoms with Gasteiger partial charge in [-0.15, -0.1) is 0 Å². The molecule has 0 aliphatic carbocycles. The number of pyridine rings is 1. The Morgan fingerprint density at radius 2 is 1.75 bits per heavy atom. The van der Waals surface area contributed by atoms with Gasteiger partial charge in [-0.2, -0.15) is 5.10 Å². The van der Waals surface area contributed by atoms with E-state index in [0.29, 0.717) is 52.9 Å². The highest BCUT2D eigenvalue weighted by molar-refractivity contribution is 7.91. The summed E-state index contributed by atoms with van der Waals surface area (Å²) in [6, 6.07) is 13.1. The third kappa shape index (κ3) is 4.86. The predicted molar refractivity (Wildman–Crippen MR) is 132 cm³/mol. The van der Waals surface area contributed by atoms with E-state index in [1.165, 1.54) is 24.3 Å². The van der Waals surface area contributed by atoms with Crippen LogP contribution in [0, 0.1) is 18.6 Å². The lowest BCUT2D eigenvalue weighted by molar-refractivity contribution is 0.0955. The van der Waals surface area contributed by atoms with Crippen LogP contribution in [0.25, 0.3) is 22.3 Å². The van der Waals surface area contributed by atoms with Crippen molar-refractivity contribution in [3.05, 3.63) is 83.1 Å². The van der Waals surface area contributed by atoms with Crippen LogP contribution in [-0.4, -0.2) is 47.1 Å². The average Bonchev–Trinajstić information content (AvgIpc) is 3.38. The van der Waals surface area contributed by atoms with Crippen molar-refractivity contribution in [1.29, 1.82) is 0 Å². The molecule has 1 saturated heterocycles. The number of hydrogen-bond donors (Lipinski definition) is 1. The summed E-state index contributed by atoms with van der Waals surface area (Å²) in [6.45, 7) is 2.09. The minimum Gasteiger partial charge on any atom is -0.352 e. The second-order valence-corrected chi connectivity index (χ2v) is 11.2. The van der Waals surface area contributed by atoms with Gasteiger partial charge >= 0.3 is 0 Å². The fourth-order valence-corrected chi connectivity index (χ4v) is 6.24. The maximum Gasteiger partial charge on any atom is 0.252 e. The minimum atomic E-state index is -3.17. The molecule has 1 unspecified atom stereocenters. The summed E-state index contributed by atoms with van der Waals surface area (Å²) in [4.78, 5) is 18.1. The van der Waals surface area contributed by atoms with Gasteiger partial charge in [-0.3, -0.25) is 4.79 Å². The zero-order chi connectivity index (χ0) is 25.4. The van der Waals surface area contributed by atoms with Crippen molar-refractivity contribution >= 4 is 26.8 Å². The van der Waals surface area contributed by atoms with Crippen molar-refractivity contribution in [2.45, 2.75) is 25.8 Å². The summed E-state index contributed by atoms with van der Waals surface area (Å²) in [5.74, 6) is -1.01. The fraction of sp³-hybridized carbons (Fsp3) is 0.269. The van der Waals surface area contributed by atoms with Gasteiger partial charge in [0.25, 0.3) is 5.91 Å². The minimum absolute atomic E-state index is 0.0368. The highest BCUT2D eigenvalue weighted by atomic mass is 32.2. The Morgan fingerprint density at radius 1 is 1.08 bits per heavy atom. The van der Waals surface area contributed by atoms with Crippen molar-refractivity contribution < 1.29 is 22.0 Å². The molecule has 0 spiro atoms. The van der Waals surface area contributed by atoms with Crippen LogP contribution in [0.15, 0.2) is 54.6 Å². The number of aryl methyl sites for hydroxylation is 1. The Morgan fingerprint density at radius 3 is 2.39 bits per heavy atom. The molecular formula is C26H24F2N4O3S. The quantitative estimate of drug-likeness (QED) is 0.423. The Balaban J connectivity index is 1.53. The summed E-state index contributed by atoms with van der Waals surface area (Å²) in [7, 11) is -3.17. The third-order valence-corrected chi connectivity index (χ3v) is 8.14. The van der Waals surface area contributed by atoms with Crippen molar-refractivity contribution in [3.8, 4) is 11.3 Å². The molecule has 1 amide bonds. The summed E-state index contributed by atoms with van der Waals surface area (Å²) < 4.78 is 52.6. The summed E-state index contributed by atoms with van der Waals surface area (Å²) >= 11 is 0. The van der Waals surface area contributed by atoms with E-state index in [1.807, 2.05) is 0 Å². The Hall–Kier alpha value is -3.66. The molecule has 10 heteroatoms. The van der Waals surface area contributed by atoms with Gasteiger partial charge in [-0.25, -0.2) is 26.9 Å². The molecule has 2 aromatic carbocycles. The van der Waals surface area contributed by atoms with Crippen LogP contribution in [0.4, 0.5) is 8.78 Å². The van der Waals surface area contributed by atoms with E-state index in [9.17, 15) is 22.0 Å².